The van der Waals surface area contributed by atoms with Crippen LogP contribution in [0.5, 0.6) is 0 Å². The summed E-state index contributed by atoms with van der Waals surface area (Å²) in [5.74, 6) is 0.197. The molecule has 1 unspecified atom stereocenters. The van der Waals surface area contributed by atoms with Crippen molar-refractivity contribution in [1.82, 2.24) is 15.1 Å². The van der Waals surface area contributed by atoms with E-state index < -0.39 is 11.7 Å². The third-order valence-corrected chi connectivity index (χ3v) is 7.16. The van der Waals surface area contributed by atoms with E-state index >= 15 is 0 Å². The summed E-state index contributed by atoms with van der Waals surface area (Å²) in [6, 6.07) is 14.0. The van der Waals surface area contributed by atoms with Gasteiger partial charge in [0.15, 0.2) is 5.78 Å². The quantitative estimate of drug-likeness (QED) is 0.331. The van der Waals surface area contributed by atoms with Crippen LogP contribution in [0.2, 0.25) is 0 Å². The monoisotopic (exact) mass is 531 g/mol. The zero-order chi connectivity index (χ0) is 24.0. The summed E-state index contributed by atoms with van der Waals surface area (Å²) in [6.45, 7) is 5.96. The summed E-state index contributed by atoms with van der Waals surface area (Å²) in [5.41, 5.74) is 1.60. The molecule has 1 amide bonds. The van der Waals surface area contributed by atoms with E-state index in [9.17, 15) is 9.59 Å². The van der Waals surface area contributed by atoms with Gasteiger partial charge in [-0.25, -0.2) is 4.79 Å². The van der Waals surface area contributed by atoms with Crippen LogP contribution in [0.1, 0.15) is 48.8 Å². The van der Waals surface area contributed by atoms with E-state index in [1.54, 1.807) is 10.9 Å². The molecule has 0 aliphatic heterocycles. The van der Waals surface area contributed by atoms with Crippen molar-refractivity contribution in [3.63, 3.8) is 0 Å². The van der Waals surface area contributed by atoms with Gasteiger partial charge >= 0.3 is 6.09 Å². The number of carbonyl (C=O) groups is 2. The number of nitrogens with zero attached hydrogens (tertiary/aromatic N) is 2. The summed E-state index contributed by atoms with van der Waals surface area (Å²) in [7, 11) is 1.89. The number of Topliss-reactive ketones (excluding diaryl/α,β-unsaturated/α-hetero) is 1. The minimum atomic E-state index is -0.540. The van der Waals surface area contributed by atoms with E-state index in [1.807, 2.05) is 58.2 Å². The first kappa shape index (κ1) is 25.2. The molecule has 8 heteroatoms. The molecule has 1 aromatic carbocycles. The lowest BCUT2D eigenvalue weighted by molar-refractivity contribution is 0.0525. The molecule has 0 saturated carbocycles. The third kappa shape index (κ3) is 7.54. The molecule has 1 N–H and O–H groups in total. The summed E-state index contributed by atoms with van der Waals surface area (Å²) in [6.07, 6.45) is 3.17. The largest absolute Gasteiger partial charge is 0.444 e. The van der Waals surface area contributed by atoms with Gasteiger partial charge in [-0.2, -0.15) is 5.10 Å². The van der Waals surface area contributed by atoms with Crippen molar-refractivity contribution >= 4 is 39.1 Å². The highest BCUT2D eigenvalue weighted by Crippen LogP contribution is 2.37. The molecule has 0 aliphatic carbocycles. The lowest BCUT2D eigenvalue weighted by Gasteiger charge is -2.21. The Labute approximate surface area is 207 Å². The summed E-state index contributed by atoms with van der Waals surface area (Å²) >= 11 is 5.07. The van der Waals surface area contributed by atoms with Gasteiger partial charge in [-0.15, -0.1) is 11.3 Å². The second-order valence-corrected chi connectivity index (χ2v) is 10.9. The molecule has 6 nitrogen and oxygen atoms in total. The van der Waals surface area contributed by atoms with E-state index in [4.69, 9.17) is 4.74 Å². The first-order valence-electron chi connectivity index (χ1n) is 10.9. The van der Waals surface area contributed by atoms with Crippen LogP contribution in [0.3, 0.4) is 0 Å². The standard InChI is InChI=1S/C25H30BrN3O3S/c1-25(2,3)32-24(31)27-12-10-18(14-17-8-6-5-7-9-17)15-21(30)22-16-19(26)23(33-22)20-11-13-28-29(20)4/h5-9,11,13,16,18H,10,12,14-15H2,1-4H3,(H,27,31). The highest BCUT2D eigenvalue weighted by atomic mass is 79.9. The van der Waals surface area contributed by atoms with Crippen LogP contribution < -0.4 is 5.32 Å². The third-order valence-electron chi connectivity index (χ3n) is 5.08. The zero-order valence-corrected chi connectivity index (χ0v) is 21.8. The molecular formula is C25H30BrN3O3S. The minimum absolute atomic E-state index is 0.0934. The van der Waals surface area contributed by atoms with Gasteiger partial charge in [-0.3, -0.25) is 9.48 Å². The van der Waals surface area contributed by atoms with Crippen LogP contribution in [0.15, 0.2) is 53.1 Å². The molecule has 0 radical (unpaired) electrons. The Morgan fingerprint density at radius 2 is 1.94 bits per heavy atom. The molecule has 176 valence electrons. The highest BCUT2D eigenvalue weighted by molar-refractivity contribution is 9.10. The minimum Gasteiger partial charge on any atom is -0.444 e. The number of alkyl carbamates (subject to hydrolysis) is 1. The Morgan fingerprint density at radius 3 is 2.58 bits per heavy atom. The number of hydrogen-bond acceptors (Lipinski definition) is 5. The van der Waals surface area contributed by atoms with Gasteiger partial charge in [0.1, 0.15) is 5.60 Å². The molecule has 0 bridgehead atoms. The summed E-state index contributed by atoms with van der Waals surface area (Å²) < 4.78 is 8.01. The number of halogens is 1. The Hall–Kier alpha value is -2.45. The molecule has 3 rings (SSSR count). The van der Waals surface area contributed by atoms with Gasteiger partial charge in [0.05, 0.1) is 15.4 Å². The van der Waals surface area contributed by atoms with Crippen molar-refractivity contribution in [2.24, 2.45) is 13.0 Å². The SMILES string of the molecule is Cn1nccc1-c1sc(C(=O)CC(CCNC(=O)OC(C)(C)C)Cc2ccccc2)cc1Br. The Balaban J connectivity index is 1.68. The van der Waals surface area contributed by atoms with Crippen LogP contribution in [0, 0.1) is 5.92 Å². The summed E-state index contributed by atoms with van der Waals surface area (Å²) in [4.78, 5) is 26.9. The van der Waals surface area contributed by atoms with E-state index in [0.29, 0.717) is 19.4 Å². The van der Waals surface area contributed by atoms with Crippen LogP contribution in [0.4, 0.5) is 4.79 Å². The molecule has 1 atom stereocenters. The van der Waals surface area contributed by atoms with Gasteiger partial charge < -0.3 is 10.1 Å². The maximum absolute atomic E-state index is 13.2. The molecular weight excluding hydrogens is 502 g/mol. The second-order valence-electron chi connectivity index (χ2n) is 9.03. The maximum atomic E-state index is 13.2. The molecule has 0 saturated heterocycles. The predicted molar refractivity (Wildman–Crippen MR) is 136 cm³/mol. The van der Waals surface area contributed by atoms with Gasteiger partial charge in [-0.05, 0) is 73.2 Å². The van der Waals surface area contributed by atoms with Gasteiger partial charge in [0.25, 0.3) is 0 Å². The fraction of sp³-hybridized carbons (Fsp3) is 0.400. The smallest absolute Gasteiger partial charge is 0.407 e. The van der Waals surface area contributed by atoms with Crippen LogP contribution in [-0.2, 0) is 18.2 Å². The Bertz CT molecular complexity index is 1090. The first-order chi connectivity index (χ1) is 15.6. The first-order valence-corrected chi connectivity index (χ1v) is 12.5. The molecule has 33 heavy (non-hydrogen) atoms. The number of thiophene rings is 1. The van der Waals surface area contributed by atoms with Crippen molar-refractivity contribution in [1.29, 1.82) is 0 Å². The lowest BCUT2D eigenvalue weighted by atomic mass is 9.91. The molecule has 0 spiro atoms. The van der Waals surface area contributed by atoms with Crippen LogP contribution in [-0.4, -0.2) is 33.8 Å². The number of aromatic nitrogens is 2. The average molecular weight is 533 g/mol. The normalized spacial score (nSPS) is 12.4. The van der Waals surface area contributed by atoms with Crippen molar-refractivity contribution < 1.29 is 14.3 Å². The number of nitrogens with one attached hydrogen (secondary N) is 1. The number of amides is 1. The molecule has 0 fully saturated rings. The molecule has 2 aromatic heterocycles. The van der Waals surface area contributed by atoms with Crippen molar-refractivity contribution in [3.8, 4) is 10.6 Å². The van der Waals surface area contributed by atoms with Crippen molar-refractivity contribution in [2.45, 2.75) is 45.6 Å². The number of aryl methyl sites for hydroxylation is 1. The van der Waals surface area contributed by atoms with Crippen LogP contribution >= 0.6 is 27.3 Å². The number of ether oxygens (including phenoxy) is 1. The van der Waals surface area contributed by atoms with Crippen LogP contribution in [0.25, 0.3) is 10.6 Å². The second kappa shape index (κ2) is 11.1. The predicted octanol–water partition coefficient (Wildman–Crippen LogP) is 6.26. The maximum Gasteiger partial charge on any atom is 0.407 e. The highest BCUT2D eigenvalue weighted by Gasteiger charge is 2.21. The topological polar surface area (TPSA) is 73.2 Å². The fourth-order valence-electron chi connectivity index (χ4n) is 3.56. The molecule has 0 aliphatic rings. The van der Waals surface area contributed by atoms with Crippen molar-refractivity contribution in [2.75, 3.05) is 6.54 Å². The number of benzene rings is 1. The fourth-order valence-corrected chi connectivity index (χ4v) is 5.44. The zero-order valence-electron chi connectivity index (χ0n) is 19.4. The molecule has 2 heterocycles. The van der Waals surface area contributed by atoms with E-state index in [0.717, 1.165) is 26.3 Å². The molecule has 3 aromatic rings. The Morgan fingerprint density at radius 1 is 1.21 bits per heavy atom. The van der Waals surface area contributed by atoms with Crippen molar-refractivity contribution in [3.05, 3.63) is 63.6 Å². The van der Waals surface area contributed by atoms with E-state index in [2.05, 4.69) is 38.5 Å². The number of rotatable bonds is 9. The summed E-state index contributed by atoms with van der Waals surface area (Å²) in [5, 5.41) is 7.05. The van der Waals surface area contributed by atoms with Gasteiger partial charge in [-0.1, -0.05) is 30.3 Å². The average Bonchev–Trinajstić information content (AvgIpc) is 3.32. The lowest BCUT2D eigenvalue weighted by Crippen LogP contribution is -2.33. The van der Waals surface area contributed by atoms with E-state index in [-0.39, 0.29) is 11.7 Å². The number of carbonyl (C=O) groups excluding carboxylic acids is 2. The Kier molecular flexibility index (Phi) is 8.48. The van der Waals surface area contributed by atoms with E-state index in [1.165, 1.54) is 16.9 Å². The van der Waals surface area contributed by atoms with Gasteiger partial charge in [0.2, 0.25) is 0 Å². The number of hydrogen-bond donors (Lipinski definition) is 1. The number of ketones is 1. The van der Waals surface area contributed by atoms with Gasteiger partial charge in [0, 0.05) is 30.7 Å².